The molecular formula is C19H20ClN3O3. The van der Waals surface area contributed by atoms with E-state index in [1.165, 1.54) is 0 Å². The first-order valence-corrected chi connectivity index (χ1v) is 8.71. The van der Waals surface area contributed by atoms with E-state index in [2.05, 4.69) is 9.97 Å². The molecule has 3 rings (SSSR count). The zero-order valence-electron chi connectivity index (χ0n) is 14.4. The Morgan fingerprint density at radius 3 is 2.73 bits per heavy atom. The van der Waals surface area contributed by atoms with Crippen molar-refractivity contribution >= 4 is 28.5 Å². The number of ether oxygens (including phenoxy) is 1. The fourth-order valence-electron chi connectivity index (χ4n) is 3.11. The molecule has 0 saturated heterocycles. The van der Waals surface area contributed by atoms with Crippen LogP contribution in [0.3, 0.4) is 0 Å². The smallest absolute Gasteiger partial charge is 0.336 e. The predicted octanol–water partition coefficient (Wildman–Crippen LogP) is 3.87. The van der Waals surface area contributed by atoms with E-state index in [0.717, 1.165) is 29.7 Å². The van der Waals surface area contributed by atoms with Crippen LogP contribution in [0.4, 0.5) is 0 Å². The lowest BCUT2D eigenvalue weighted by Gasteiger charge is -2.07. The summed E-state index contributed by atoms with van der Waals surface area (Å²) in [6, 6.07) is 6.80. The standard InChI is InChI=1S/C19H20ClN3O3/c1-26-15-8-5-11(10-22-15)17-12(4-2-3-9-21)16-13(19(24)25)6-7-14(20)18(16)23-17/h5-8,10,23H,2-4,9,21H2,1H3,(H,24,25). The van der Waals surface area contributed by atoms with Crippen molar-refractivity contribution in [3.8, 4) is 17.1 Å². The van der Waals surface area contributed by atoms with Gasteiger partial charge in [0.05, 0.1) is 28.9 Å². The first-order chi connectivity index (χ1) is 12.6. The number of nitrogens with zero attached hydrogens (tertiary/aromatic N) is 1. The molecule has 1 aromatic carbocycles. The maximum Gasteiger partial charge on any atom is 0.336 e. The number of pyridine rings is 1. The number of aromatic carboxylic acids is 1. The second kappa shape index (κ2) is 7.76. The lowest BCUT2D eigenvalue weighted by molar-refractivity contribution is 0.0699. The highest BCUT2D eigenvalue weighted by atomic mass is 35.5. The molecule has 0 bridgehead atoms. The number of H-pyrrole nitrogens is 1. The van der Waals surface area contributed by atoms with Crippen LogP contribution in [0.25, 0.3) is 22.2 Å². The normalized spacial score (nSPS) is 11.0. The maximum atomic E-state index is 11.7. The van der Waals surface area contributed by atoms with Gasteiger partial charge in [-0.3, -0.25) is 0 Å². The molecule has 6 nitrogen and oxygen atoms in total. The fraction of sp³-hybridized carbons (Fsp3) is 0.263. The number of nitrogens with one attached hydrogen (secondary N) is 1. The topological polar surface area (TPSA) is 101 Å². The number of hydrogen-bond acceptors (Lipinski definition) is 4. The number of aromatic nitrogens is 2. The third-order valence-electron chi connectivity index (χ3n) is 4.35. The van der Waals surface area contributed by atoms with Crippen LogP contribution >= 0.6 is 11.6 Å². The summed E-state index contributed by atoms with van der Waals surface area (Å²) in [4.78, 5) is 19.3. The van der Waals surface area contributed by atoms with Crippen molar-refractivity contribution < 1.29 is 14.6 Å². The van der Waals surface area contributed by atoms with Gasteiger partial charge in [-0.25, -0.2) is 9.78 Å². The van der Waals surface area contributed by atoms with Gasteiger partial charge in [-0.15, -0.1) is 0 Å². The number of aromatic amines is 1. The van der Waals surface area contributed by atoms with Gasteiger partial charge in [-0.1, -0.05) is 11.6 Å². The van der Waals surface area contributed by atoms with E-state index >= 15 is 0 Å². The quantitative estimate of drug-likeness (QED) is 0.546. The van der Waals surface area contributed by atoms with Gasteiger partial charge in [0.25, 0.3) is 0 Å². The molecule has 0 spiro atoms. The van der Waals surface area contributed by atoms with Crippen molar-refractivity contribution in [1.29, 1.82) is 0 Å². The number of carbonyl (C=O) groups is 1. The van der Waals surface area contributed by atoms with Gasteiger partial charge in [-0.2, -0.15) is 0 Å². The third kappa shape index (κ3) is 3.38. The number of aryl methyl sites for hydroxylation is 1. The predicted molar refractivity (Wildman–Crippen MR) is 102 cm³/mol. The molecule has 0 aliphatic rings. The first-order valence-electron chi connectivity index (χ1n) is 8.33. The number of halogens is 1. The second-order valence-electron chi connectivity index (χ2n) is 5.96. The first kappa shape index (κ1) is 18.2. The molecule has 2 aromatic heterocycles. The highest BCUT2D eigenvalue weighted by Crippen LogP contribution is 2.37. The average molecular weight is 374 g/mol. The minimum absolute atomic E-state index is 0.233. The highest BCUT2D eigenvalue weighted by molar-refractivity contribution is 6.36. The second-order valence-corrected chi connectivity index (χ2v) is 6.37. The molecular weight excluding hydrogens is 354 g/mol. The van der Waals surface area contributed by atoms with Crippen molar-refractivity contribution in [3.05, 3.63) is 46.6 Å². The van der Waals surface area contributed by atoms with Crippen molar-refractivity contribution in [1.82, 2.24) is 9.97 Å². The maximum absolute atomic E-state index is 11.7. The lowest BCUT2D eigenvalue weighted by atomic mass is 9.98. The molecule has 0 aliphatic heterocycles. The Morgan fingerprint density at radius 2 is 2.12 bits per heavy atom. The number of hydrogen-bond donors (Lipinski definition) is 3. The summed E-state index contributed by atoms with van der Waals surface area (Å²) >= 11 is 6.34. The molecule has 7 heteroatoms. The Balaban J connectivity index is 2.23. The van der Waals surface area contributed by atoms with Crippen molar-refractivity contribution in [2.45, 2.75) is 19.3 Å². The number of methoxy groups -OCH3 is 1. The summed E-state index contributed by atoms with van der Waals surface area (Å²) in [5.74, 6) is -0.469. The minimum atomic E-state index is -0.981. The van der Waals surface area contributed by atoms with Crippen LogP contribution in [-0.4, -0.2) is 34.7 Å². The molecule has 0 radical (unpaired) electrons. The highest BCUT2D eigenvalue weighted by Gasteiger charge is 2.21. The van der Waals surface area contributed by atoms with Gasteiger partial charge >= 0.3 is 5.97 Å². The SMILES string of the molecule is COc1ccc(-c2[nH]c3c(Cl)ccc(C(=O)O)c3c2CCCCN)cn1. The minimum Gasteiger partial charge on any atom is -0.481 e. The monoisotopic (exact) mass is 373 g/mol. The summed E-state index contributed by atoms with van der Waals surface area (Å²) in [6.45, 7) is 0.592. The molecule has 0 amide bonds. The number of benzene rings is 1. The Kier molecular flexibility index (Phi) is 5.44. The molecule has 3 aromatic rings. The van der Waals surface area contributed by atoms with Crippen molar-refractivity contribution in [2.24, 2.45) is 5.73 Å². The molecule has 0 aliphatic carbocycles. The van der Waals surface area contributed by atoms with E-state index in [1.54, 1.807) is 31.5 Å². The van der Waals surface area contributed by atoms with Crippen molar-refractivity contribution in [2.75, 3.05) is 13.7 Å². The number of carboxylic acids is 1. The molecule has 2 heterocycles. The molecule has 136 valence electrons. The molecule has 0 unspecified atom stereocenters. The van der Waals surface area contributed by atoms with Crippen molar-refractivity contribution in [3.63, 3.8) is 0 Å². The van der Waals surface area contributed by atoms with E-state index < -0.39 is 5.97 Å². The molecule has 4 N–H and O–H groups in total. The Hall–Kier alpha value is -2.57. The van der Waals surface area contributed by atoms with Crippen LogP contribution in [-0.2, 0) is 6.42 Å². The molecule has 0 atom stereocenters. The van der Waals surface area contributed by atoms with Crippen LogP contribution in [0.2, 0.25) is 5.02 Å². The van der Waals surface area contributed by atoms with Gasteiger partial charge in [0.2, 0.25) is 5.88 Å². The summed E-state index contributed by atoms with van der Waals surface area (Å²) < 4.78 is 5.11. The van der Waals surface area contributed by atoms with E-state index in [9.17, 15) is 9.90 Å². The average Bonchev–Trinajstić information content (AvgIpc) is 3.02. The number of fused-ring (bicyclic) bond motifs is 1. The Bertz CT molecular complexity index is 935. The molecule has 0 saturated carbocycles. The van der Waals surface area contributed by atoms with Gasteiger partial charge in [0, 0.05) is 23.2 Å². The van der Waals surface area contributed by atoms with Crippen LogP contribution in [0, 0.1) is 0 Å². The van der Waals surface area contributed by atoms with Gasteiger partial charge < -0.3 is 20.6 Å². The van der Waals surface area contributed by atoms with Crippen LogP contribution in [0.1, 0.15) is 28.8 Å². The van der Waals surface area contributed by atoms with E-state index in [1.807, 2.05) is 6.07 Å². The number of unbranched alkanes of at least 4 members (excludes halogenated alkanes) is 1. The summed E-state index contributed by atoms with van der Waals surface area (Å²) in [5.41, 5.74) is 9.06. The zero-order chi connectivity index (χ0) is 18.7. The summed E-state index contributed by atoms with van der Waals surface area (Å²) in [5, 5.41) is 10.7. The Labute approximate surface area is 156 Å². The number of nitrogens with two attached hydrogens (primary N) is 1. The van der Waals surface area contributed by atoms with Crippen LogP contribution in [0.5, 0.6) is 5.88 Å². The summed E-state index contributed by atoms with van der Waals surface area (Å²) in [6.07, 6.45) is 4.10. The summed E-state index contributed by atoms with van der Waals surface area (Å²) in [7, 11) is 1.56. The van der Waals surface area contributed by atoms with Gasteiger partial charge in [-0.05, 0) is 49.6 Å². The zero-order valence-corrected chi connectivity index (χ0v) is 15.1. The van der Waals surface area contributed by atoms with Gasteiger partial charge in [0.15, 0.2) is 0 Å². The molecule has 0 fully saturated rings. The number of carboxylic acid groups (broad SMARTS) is 1. The van der Waals surface area contributed by atoms with E-state index in [4.69, 9.17) is 22.1 Å². The van der Waals surface area contributed by atoms with Crippen LogP contribution < -0.4 is 10.5 Å². The van der Waals surface area contributed by atoms with E-state index in [-0.39, 0.29) is 5.56 Å². The van der Waals surface area contributed by atoms with Gasteiger partial charge in [0.1, 0.15) is 0 Å². The van der Waals surface area contributed by atoms with E-state index in [0.29, 0.717) is 34.8 Å². The Morgan fingerprint density at radius 1 is 1.31 bits per heavy atom. The third-order valence-corrected chi connectivity index (χ3v) is 4.67. The lowest BCUT2D eigenvalue weighted by Crippen LogP contribution is -2.01. The fourth-order valence-corrected chi connectivity index (χ4v) is 3.31. The van der Waals surface area contributed by atoms with Crippen LogP contribution in [0.15, 0.2) is 30.5 Å². The molecule has 26 heavy (non-hydrogen) atoms. The number of rotatable bonds is 7. The largest absolute Gasteiger partial charge is 0.481 e.